The summed E-state index contributed by atoms with van der Waals surface area (Å²) in [5.74, 6) is 0.396. The molecule has 3 aromatic rings. The first-order valence-corrected chi connectivity index (χ1v) is 9.93. The largest absolute Gasteiger partial charge is 0.416 e. The highest BCUT2D eigenvalue weighted by Crippen LogP contribution is 2.31. The molecule has 2 heterocycles. The molecule has 0 radical (unpaired) electrons. The van der Waals surface area contributed by atoms with Gasteiger partial charge in [-0.25, -0.2) is 9.67 Å². The Hall–Kier alpha value is -3.23. The summed E-state index contributed by atoms with van der Waals surface area (Å²) >= 11 is 0. The van der Waals surface area contributed by atoms with Crippen LogP contribution in [-0.4, -0.2) is 32.2 Å². The van der Waals surface area contributed by atoms with Gasteiger partial charge in [0.2, 0.25) is 0 Å². The van der Waals surface area contributed by atoms with Gasteiger partial charge in [0.05, 0.1) is 23.0 Å². The standard InChI is InChI=1S/C22H24F3N5O/c1-14(2)10-17(16-4-6-18(7-5-16)22(23,24)25)11-28-21(31)19-13-30(29-15(19)3)20-12-26-8-9-27-20/h4-9,12-14,17H,10-11H2,1-3H3,(H,28,31). The van der Waals surface area contributed by atoms with Gasteiger partial charge in [-0.05, 0) is 37.0 Å². The van der Waals surface area contributed by atoms with Crippen LogP contribution in [0, 0.1) is 12.8 Å². The third-order valence-electron chi connectivity index (χ3n) is 4.90. The summed E-state index contributed by atoms with van der Waals surface area (Å²) < 4.78 is 40.1. The van der Waals surface area contributed by atoms with Crippen molar-refractivity contribution < 1.29 is 18.0 Å². The van der Waals surface area contributed by atoms with E-state index in [2.05, 4.69) is 20.4 Å². The van der Waals surface area contributed by atoms with Crippen LogP contribution < -0.4 is 5.32 Å². The Kier molecular flexibility index (Phi) is 6.72. The van der Waals surface area contributed by atoms with E-state index in [0.29, 0.717) is 29.5 Å². The Bertz CT molecular complexity index is 1010. The van der Waals surface area contributed by atoms with Crippen molar-refractivity contribution in [3.05, 3.63) is 71.4 Å². The number of carbonyl (C=O) groups is 1. The minimum absolute atomic E-state index is 0.110. The molecule has 164 valence electrons. The topological polar surface area (TPSA) is 72.7 Å². The van der Waals surface area contributed by atoms with Crippen LogP contribution in [0.5, 0.6) is 0 Å². The third-order valence-corrected chi connectivity index (χ3v) is 4.90. The molecule has 2 aromatic heterocycles. The van der Waals surface area contributed by atoms with Crippen LogP contribution in [0.25, 0.3) is 5.82 Å². The number of hydrogen-bond donors (Lipinski definition) is 1. The smallest absolute Gasteiger partial charge is 0.351 e. The van der Waals surface area contributed by atoms with E-state index < -0.39 is 11.7 Å². The fourth-order valence-electron chi connectivity index (χ4n) is 3.37. The molecule has 1 N–H and O–H groups in total. The fourth-order valence-corrected chi connectivity index (χ4v) is 3.37. The van der Waals surface area contributed by atoms with Gasteiger partial charge in [-0.15, -0.1) is 0 Å². The van der Waals surface area contributed by atoms with Gasteiger partial charge in [0, 0.05) is 31.1 Å². The molecule has 0 aliphatic heterocycles. The van der Waals surface area contributed by atoms with Crippen LogP contribution in [-0.2, 0) is 6.18 Å². The molecule has 1 unspecified atom stereocenters. The van der Waals surface area contributed by atoms with Crippen molar-refractivity contribution in [1.82, 2.24) is 25.1 Å². The van der Waals surface area contributed by atoms with Gasteiger partial charge >= 0.3 is 6.18 Å². The van der Waals surface area contributed by atoms with Crippen LogP contribution in [0.15, 0.2) is 49.1 Å². The average Bonchev–Trinajstić information content (AvgIpc) is 3.12. The molecule has 0 saturated heterocycles. The van der Waals surface area contributed by atoms with Gasteiger partial charge in [0.1, 0.15) is 0 Å². The van der Waals surface area contributed by atoms with Crippen LogP contribution in [0.4, 0.5) is 13.2 Å². The number of nitrogens with one attached hydrogen (secondary N) is 1. The number of nitrogens with zero attached hydrogens (tertiary/aromatic N) is 4. The first kappa shape index (κ1) is 22.5. The molecule has 1 atom stereocenters. The van der Waals surface area contributed by atoms with E-state index >= 15 is 0 Å². The number of carbonyl (C=O) groups excluding carboxylic acids is 1. The number of amides is 1. The van der Waals surface area contributed by atoms with Crippen molar-refractivity contribution in [2.75, 3.05) is 6.54 Å². The number of benzene rings is 1. The summed E-state index contributed by atoms with van der Waals surface area (Å²) in [4.78, 5) is 20.9. The van der Waals surface area contributed by atoms with Gasteiger partial charge < -0.3 is 5.32 Å². The summed E-state index contributed by atoms with van der Waals surface area (Å²) in [6.45, 7) is 6.10. The van der Waals surface area contributed by atoms with Crippen molar-refractivity contribution in [1.29, 1.82) is 0 Å². The second kappa shape index (κ2) is 9.28. The summed E-state index contributed by atoms with van der Waals surface area (Å²) in [5, 5.41) is 7.22. The third kappa shape index (κ3) is 5.68. The Morgan fingerprint density at radius 3 is 2.45 bits per heavy atom. The van der Waals surface area contributed by atoms with E-state index in [1.54, 1.807) is 19.3 Å². The summed E-state index contributed by atoms with van der Waals surface area (Å²) in [7, 11) is 0. The second-order valence-corrected chi connectivity index (χ2v) is 7.79. The van der Waals surface area contributed by atoms with Crippen LogP contribution in [0.1, 0.15) is 53.4 Å². The number of hydrogen-bond acceptors (Lipinski definition) is 4. The zero-order chi connectivity index (χ0) is 22.6. The second-order valence-electron chi connectivity index (χ2n) is 7.79. The fraction of sp³-hybridized carbons (Fsp3) is 0.364. The lowest BCUT2D eigenvalue weighted by atomic mass is 9.89. The molecule has 0 fully saturated rings. The number of aryl methyl sites for hydroxylation is 1. The van der Waals surface area contributed by atoms with E-state index in [0.717, 1.165) is 24.1 Å². The number of halogens is 3. The highest BCUT2D eigenvalue weighted by Gasteiger charge is 2.30. The van der Waals surface area contributed by atoms with E-state index in [1.165, 1.54) is 29.2 Å². The molecule has 9 heteroatoms. The maximum atomic E-state index is 12.9. The number of aromatic nitrogens is 4. The van der Waals surface area contributed by atoms with E-state index in [1.807, 2.05) is 13.8 Å². The van der Waals surface area contributed by atoms with Crippen molar-refractivity contribution in [2.24, 2.45) is 5.92 Å². The lowest BCUT2D eigenvalue weighted by Crippen LogP contribution is -2.29. The predicted molar refractivity (Wildman–Crippen MR) is 110 cm³/mol. The minimum Gasteiger partial charge on any atom is -0.351 e. The Labute approximate surface area is 178 Å². The normalized spacial score (nSPS) is 12.7. The van der Waals surface area contributed by atoms with Crippen molar-refractivity contribution in [3.63, 3.8) is 0 Å². The van der Waals surface area contributed by atoms with Gasteiger partial charge in [-0.3, -0.25) is 9.78 Å². The van der Waals surface area contributed by atoms with E-state index in [-0.39, 0.29) is 11.8 Å². The lowest BCUT2D eigenvalue weighted by Gasteiger charge is -2.21. The molecule has 6 nitrogen and oxygen atoms in total. The van der Waals surface area contributed by atoms with E-state index in [4.69, 9.17) is 0 Å². The van der Waals surface area contributed by atoms with Crippen molar-refractivity contribution >= 4 is 5.91 Å². The molecule has 31 heavy (non-hydrogen) atoms. The van der Waals surface area contributed by atoms with Crippen LogP contribution in [0.3, 0.4) is 0 Å². The van der Waals surface area contributed by atoms with Crippen LogP contribution >= 0.6 is 0 Å². The Morgan fingerprint density at radius 2 is 1.87 bits per heavy atom. The quantitative estimate of drug-likeness (QED) is 0.596. The molecule has 1 aromatic carbocycles. The maximum Gasteiger partial charge on any atom is 0.416 e. The summed E-state index contributed by atoms with van der Waals surface area (Å²) in [6, 6.07) is 5.14. The molecule has 0 aliphatic carbocycles. The first-order chi connectivity index (χ1) is 14.6. The highest BCUT2D eigenvalue weighted by atomic mass is 19.4. The number of rotatable bonds is 7. The predicted octanol–water partition coefficient (Wildman–Crippen LogP) is 4.55. The maximum absolute atomic E-state index is 12.9. The molecule has 0 bridgehead atoms. The Balaban J connectivity index is 1.73. The van der Waals surface area contributed by atoms with Crippen molar-refractivity contribution in [2.45, 2.75) is 39.3 Å². The minimum atomic E-state index is -4.37. The molecule has 0 aliphatic rings. The van der Waals surface area contributed by atoms with Gasteiger partial charge in [0.25, 0.3) is 5.91 Å². The Morgan fingerprint density at radius 1 is 1.16 bits per heavy atom. The molecule has 1 amide bonds. The zero-order valence-corrected chi connectivity index (χ0v) is 17.5. The van der Waals surface area contributed by atoms with E-state index in [9.17, 15) is 18.0 Å². The average molecular weight is 431 g/mol. The first-order valence-electron chi connectivity index (χ1n) is 9.93. The molecule has 0 saturated carbocycles. The highest BCUT2D eigenvalue weighted by molar-refractivity contribution is 5.95. The molecule has 3 rings (SSSR count). The van der Waals surface area contributed by atoms with Crippen molar-refractivity contribution in [3.8, 4) is 5.82 Å². The van der Waals surface area contributed by atoms with Gasteiger partial charge in [0.15, 0.2) is 5.82 Å². The van der Waals surface area contributed by atoms with Gasteiger partial charge in [-0.2, -0.15) is 18.3 Å². The summed E-state index contributed by atoms with van der Waals surface area (Å²) in [6.07, 6.45) is 2.56. The van der Waals surface area contributed by atoms with Crippen LogP contribution in [0.2, 0.25) is 0 Å². The molecular formula is C22H24F3N5O. The van der Waals surface area contributed by atoms with Gasteiger partial charge in [-0.1, -0.05) is 26.0 Å². The SMILES string of the molecule is Cc1nn(-c2cnccn2)cc1C(=O)NCC(CC(C)C)c1ccc(C(F)(F)F)cc1. The number of alkyl halides is 3. The lowest BCUT2D eigenvalue weighted by molar-refractivity contribution is -0.137. The zero-order valence-electron chi connectivity index (χ0n) is 17.5. The summed E-state index contributed by atoms with van der Waals surface area (Å²) in [5.41, 5.74) is 1.02. The molecular weight excluding hydrogens is 407 g/mol. The molecule has 0 spiro atoms. The monoisotopic (exact) mass is 431 g/mol.